The van der Waals surface area contributed by atoms with E-state index in [1.165, 1.54) is 25.1 Å². The van der Waals surface area contributed by atoms with Gasteiger partial charge in [-0.25, -0.2) is 4.39 Å². The smallest absolute Gasteiger partial charge is 0.229 e. The van der Waals surface area contributed by atoms with Crippen molar-refractivity contribution in [3.63, 3.8) is 0 Å². The van der Waals surface area contributed by atoms with E-state index < -0.39 is 17.6 Å². The molecule has 1 aliphatic heterocycles. The van der Waals surface area contributed by atoms with Crippen molar-refractivity contribution in [2.45, 2.75) is 18.2 Å². The van der Waals surface area contributed by atoms with Crippen LogP contribution in [0.4, 0.5) is 21.5 Å². The van der Waals surface area contributed by atoms with E-state index in [4.69, 9.17) is 0 Å². The van der Waals surface area contributed by atoms with Gasteiger partial charge in [0, 0.05) is 36.2 Å². The van der Waals surface area contributed by atoms with Crippen molar-refractivity contribution >= 4 is 46.5 Å². The fourth-order valence-electron chi connectivity index (χ4n) is 3.03. The van der Waals surface area contributed by atoms with E-state index in [2.05, 4.69) is 10.6 Å². The number of hydrogen-bond donors (Lipinski definition) is 2. The third-order valence-corrected chi connectivity index (χ3v) is 5.17. The zero-order valence-corrected chi connectivity index (χ0v) is 16.3. The summed E-state index contributed by atoms with van der Waals surface area (Å²) in [5.74, 6) is -2.08. The molecule has 1 fully saturated rings. The zero-order chi connectivity index (χ0) is 20.3. The van der Waals surface area contributed by atoms with Gasteiger partial charge in [0.25, 0.3) is 0 Å². The van der Waals surface area contributed by atoms with Crippen LogP contribution in [-0.4, -0.2) is 30.5 Å². The third-order valence-electron chi connectivity index (χ3n) is 4.42. The molecule has 0 aromatic heterocycles. The third kappa shape index (κ3) is 4.51. The summed E-state index contributed by atoms with van der Waals surface area (Å²) < 4.78 is 14.0. The van der Waals surface area contributed by atoms with Crippen LogP contribution >= 0.6 is 11.8 Å². The molecule has 0 aliphatic carbocycles. The molecule has 146 valence electrons. The normalized spacial score (nSPS) is 16.2. The van der Waals surface area contributed by atoms with Gasteiger partial charge in [-0.1, -0.05) is 0 Å². The van der Waals surface area contributed by atoms with Crippen LogP contribution in [0.2, 0.25) is 0 Å². The van der Waals surface area contributed by atoms with Crippen molar-refractivity contribution in [3.8, 4) is 0 Å². The fraction of sp³-hybridized carbons (Fsp3) is 0.250. The molecule has 8 heteroatoms. The van der Waals surface area contributed by atoms with E-state index in [0.29, 0.717) is 5.69 Å². The van der Waals surface area contributed by atoms with E-state index in [1.54, 1.807) is 16.7 Å². The number of carbonyl (C=O) groups is 3. The first-order valence-electron chi connectivity index (χ1n) is 8.70. The molecule has 0 unspecified atom stereocenters. The Morgan fingerprint density at radius 3 is 2.50 bits per heavy atom. The molecule has 1 aliphatic rings. The molecule has 1 atom stereocenters. The molecule has 3 rings (SSSR count). The second-order valence-electron chi connectivity index (χ2n) is 6.47. The molecular formula is C20H20FN3O3S. The molecule has 3 amide bonds. The van der Waals surface area contributed by atoms with Gasteiger partial charge in [0.15, 0.2) is 0 Å². The summed E-state index contributed by atoms with van der Waals surface area (Å²) >= 11 is 1.60. The minimum absolute atomic E-state index is 0.0357. The van der Waals surface area contributed by atoms with E-state index in [9.17, 15) is 18.8 Å². The molecule has 0 saturated carbocycles. The second-order valence-corrected chi connectivity index (χ2v) is 7.35. The minimum Gasteiger partial charge on any atom is -0.326 e. The topological polar surface area (TPSA) is 78.5 Å². The van der Waals surface area contributed by atoms with Gasteiger partial charge >= 0.3 is 0 Å². The number of thioether (sulfide) groups is 1. The van der Waals surface area contributed by atoms with Crippen LogP contribution in [0.5, 0.6) is 0 Å². The molecule has 1 heterocycles. The largest absolute Gasteiger partial charge is 0.326 e. The summed E-state index contributed by atoms with van der Waals surface area (Å²) in [6.07, 6.45) is 2.03. The zero-order valence-electron chi connectivity index (χ0n) is 15.5. The van der Waals surface area contributed by atoms with Crippen LogP contribution in [0, 0.1) is 11.7 Å². The highest BCUT2D eigenvalue weighted by atomic mass is 32.2. The summed E-state index contributed by atoms with van der Waals surface area (Å²) in [6, 6.07) is 11.5. The summed E-state index contributed by atoms with van der Waals surface area (Å²) in [6.45, 7) is 1.57. The summed E-state index contributed by atoms with van der Waals surface area (Å²) in [4.78, 5) is 38.7. The number of nitrogens with zero attached hydrogens (tertiary/aromatic N) is 1. The summed E-state index contributed by atoms with van der Waals surface area (Å²) in [5, 5.41) is 5.07. The Kier molecular flexibility index (Phi) is 5.99. The van der Waals surface area contributed by atoms with E-state index in [0.717, 1.165) is 10.6 Å². The van der Waals surface area contributed by atoms with Gasteiger partial charge in [-0.15, -0.1) is 11.8 Å². The van der Waals surface area contributed by atoms with Crippen LogP contribution in [0.1, 0.15) is 13.3 Å². The van der Waals surface area contributed by atoms with Gasteiger partial charge in [0.1, 0.15) is 5.82 Å². The number of hydrogen-bond acceptors (Lipinski definition) is 4. The first-order valence-corrected chi connectivity index (χ1v) is 9.92. The maximum atomic E-state index is 14.0. The van der Waals surface area contributed by atoms with Crippen LogP contribution in [-0.2, 0) is 14.4 Å². The van der Waals surface area contributed by atoms with Crippen LogP contribution in [0.3, 0.4) is 0 Å². The van der Waals surface area contributed by atoms with Gasteiger partial charge in [0.05, 0.1) is 11.6 Å². The summed E-state index contributed by atoms with van der Waals surface area (Å²) in [7, 11) is 0. The Balaban J connectivity index is 1.70. The van der Waals surface area contributed by atoms with E-state index in [-0.39, 0.29) is 30.5 Å². The van der Waals surface area contributed by atoms with Gasteiger partial charge in [-0.3, -0.25) is 14.4 Å². The molecule has 1 saturated heterocycles. The Bertz CT molecular complexity index is 917. The van der Waals surface area contributed by atoms with Crippen molar-refractivity contribution in [3.05, 3.63) is 48.3 Å². The number of anilines is 3. The average molecular weight is 401 g/mol. The molecule has 0 radical (unpaired) electrons. The molecule has 6 nitrogen and oxygen atoms in total. The highest BCUT2D eigenvalue weighted by molar-refractivity contribution is 7.98. The van der Waals surface area contributed by atoms with Crippen LogP contribution in [0.25, 0.3) is 0 Å². The van der Waals surface area contributed by atoms with Gasteiger partial charge in [-0.2, -0.15) is 0 Å². The molecule has 2 aromatic rings. The second kappa shape index (κ2) is 8.43. The van der Waals surface area contributed by atoms with Gasteiger partial charge in [-0.05, 0) is 48.7 Å². The highest BCUT2D eigenvalue weighted by Gasteiger charge is 2.35. The average Bonchev–Trinajstić information content (AvgIpc) is 3.06. The van der Waals surface area contributed by atoms with Crippen molar-refractivity contribution in [1.29, 1.82) is 0 Å². The SMILES string of the molecule is CSc1ccc(N2C[C@H](C(=O)Nc3cc(NC(C)=O)ccc3F)CC2=O)cc1. The van der Waals surface area contributed by atoms with E-state index >= 15 is 0 Å². The lowest BCUT2D eigenvalue weighted by Gasteiger charge is -2.17. The van der Waals surface area contributed by atoms with Crippen molar-refractivity contribution < 1.29 is 18.8 Å². The van der Waals surface area contributed by atoms with Crippen molar-refractivity contribution in [1.82, 2.24) is 0 Å². The Morgan fingerprint density at radius 1 is 1.14 bits per heavy atom. The van der Waals surface area contributed by atoms with Crippen molar-refractivity contribution in [2.24, 2.45) is 5.92 Å². The lowest BCUT2D eigenvalue weighted by Crippen LogP contribution is -2.28. The Labute approximate surface area is 166 Å². The molecule has 2 N–H and O–H groups in total. The molecule has 2 aromatic carbocycles. The number of halogens is 1. The molecule has 0 spiro atoms. The fourth-order valence-corrected chi connectivity index (χ4v) is 3.44. The molecule has 0 bridgehead atoms. The number of rotatable bonds is 5. The van der Waals surface area contributed by atoms with Gasteiger partial charge < -0.3 is 15.5 Å². The van der Waals surface area contributed by atoms with Crippen molar-refractivity contribution in [2.75, 3.05) is 28.3 Å². The molecular weight excluding hydrogens is 381 g/mol. The van der Waals surface area contributed by atoms with Gasteiger partial charge in [0.2, 0.25) is 17.7 Å². The number of carbonyl (C=O) groups excluding carboxylic acids is 3. The Morgan fingerprint density at radius 2 is 1.86 bits per heavy atom. The first kappa shape index (κ1) is 19.9. The number of benzene rings is 2. The first-order chi connectivity index (χ1) is 13.4. The Hall–Kier alpha value is -2.87. The molecule has 28 heavy (non-hydrogen) atoms. The van der Waals surface area contributed by atoms with Crippen LogP contribution in [0.15, 0.2) is 47.4 Å². The lowest BCUT2D eigenvalue weighted by atomic mass is 10.1. The predicted molar refractivity (Wildman–Crippen MR) is 108 cm³/mol. The quantitative estimate of drug-likeness (QED) is 0.752. The number of amides is 3. The minimum atomic E-state index is -0.615. The highest BCUT2D eigenvalue weighted by Crippen LogP contribution is 2.28. The monoisotopic (exact) mass is 401 g/mol. The van der Waals surface area contributed by atoms with E-state index in [1.807, 2.05) is 30.5 Å². The van der Waals surface area contributed by atoms with Crippen LogP contribution < -0.4 is 15.5 Å². The lowest BCUT2D eigenvalue weighted by molar-refractivity contribution is -0.122. The summed E-state index contributed by atoms with van der Waals surface area (Å²) in [5.41, 5.74) is 1.07. The standard InChI is InChI=1S/C20H20FN3O3S/c1-12(25)22-14-3-8-17(21)18(10-14)23-20(27)13-9-19(26)24(11-13)15-4-6-16(28-2)7-5-15/h3-8,10,13H,9,11H2,1-2H3,(H,22,25)(H,23,27)/t13-/m1/s1. The number of nitrogens with one attached hydrogen (secondary N) is 2. The maximum Gasteiger partial charge on any atom is 0.229 e. The predicted octanol–water partition coefficient (Wildman–Crippen LogP) is 3.50. The maximum absolute atomic E-state index is 14.0.